The number of hydrogen-bond acceptors (Lipinski definition) is 3. The van der Waals surface area contributed by atoms with Crippen LogP contribution in [0.4, 0.5) is 5.69 Å². The number of ether oxygens (including phenoxy) is 1. The highest BCUT2D eigenvalue weighted by atomic mass is 35.5. The summed E-state index contributed by atoms with van der Waals surface area (Å²) in [6.45, 7) is 4.18. The number of carbonyl (C=O) groups excluding carboxylic acids is 1. The monoisotopic (exact) mass is 304 g/mol. The van der Waals surface area contributed by atoms with Crippen molar-refractivity contribution in [3.05, 3.63) is 28.8 Å². The number of hydrogen-bond donors (Lipinski definition) is 2. The first kappa shape index (κ1) is 16.2. The highest BCUT2D eigenvalue weighted by Gasteiger charge is 2.17. The van der Waals surface area contributed by atoms with E-state index in [1.807, 2.05) is 25.1 Å². The van der Waals surface area contributed by atoms with Gasteiger partial charge in [0.2, 0.25) is 5.91 Å². The number of rotatable bonds is 3. The second-order valence-corrected chi connectivity index (χ2v) is 4.84. The van der Waals surface area contributed by atoms with E-state index in [1.165, 1.54) is 0 Å². The highest BCUT2D eigenvalue weighted by Crippen LogP contribution is 2.23. The van der Waals surface area contributed by atoms with Crippen molar-refractivity contribution < 1.29 is 9.53 Å². The van der Waals surface area contributed by atoms with E-state index < -0.39 is 0 Å². The van der Waals surface area contributed by atoms with Gasteiger partial charge in [0, 0.05) is 13.1 Å². The third-order valence-electron chi connectivity index (χ3n) is 2.82. The van der Waals surface area contributed by atoms with Gasteiger partial charge in [-0.1, -0.05) is 17.7 Å². The van der Waals surface area contributed by atoms with Gasteiger partial charge in [-0.3, -0.25) is 4.79 Å². The third kappa shape index (κ3) is 4.99. The first-order valence-corrected chi connectivity index (χ1v) is 6.41. The van der Waals surface area contributed by atoms with E-state index in [0.29, 0.717) is 23.7 Å². The minimum Gasteiger partial charge on any atom is -0.375 e. The van der Waals surface area contributed by atoms with Gasteiger partial charge in [-0.25, -0.2) is 0 Å². The Morgan fingerprint density at radius 3 is 3.00 bits per heavy atom. The van der Waals surface area contributed by atoms with Crippen LogP contribution in [-0.4, -0.2) is 31.7 Å². The maximum atomic E-state index is 11.8. The number of nitrogens with one attached hydrogen (secondary N) is 2. The Balaban J connectivity index is 0.00000180. The van der Waals surface area contributed by atoms with Crippen molar-refractivity contribution in [1.29, 1.82) is 0 Å². The van der Waals surface area contributed by atoms with Crippen molar-refractivity contribution in [2.24, 2.45) is 0 Å². The van der Waals surface area contributed by atoms with Crippen LogP contribution in [-0.2, 0) is 9.53 Å². The zero-order valence-corrected chi connectivity index (χ0v) is 12.3. The summed E-state index contributed by atoms with van der Waals surface area (Å²) in [6.07, 6.45) is 0.292. The van der Waals surface area contributed by atoms with Gasteiger partial charge in [0.15, 0.2) is 0 Å². The lowest BCUT2D eigenvalue weighted by atomic mass is 10.2. The Morgan fingerprint density at radius 1 is 1.58 bits per heavy atom. The van der Waals surface area contributed by atoms with Crippen LogP contribution in [0, 0.1) is 6.92 Å². The molecule has 1 fully saturated rings. The predicted octanol–water partition coefficient (Wildman–Crippen LogP) is 2.39. The molecule has 0 spiro atoms. The van der Waals surface area contributed by atoms with Crippen LogP contribution >= 0.6 is 24.0 Å². The average molecular weight is 305 g/mol. The topological polar surface area (TPSA) is 50.4 Å². The molecule has 6 heteroatoms. The summed E-state index contributed by atoms with van der Waals surface area (Å²) in [4.78, 5) is 11.8. The number of benzene rings is 1. The molecule has 1 heterocycles. The predicted molar refractivity (Wildman–Crippen MR) is 79.3 cm³/mol. The van der Waals surface area contributed by atoms with Crippen LogP contribution in [0.25, 0.3) is 0 Å². The molecule has 1 atom stereocenters. The highest BCUT2D eigenvalue weighted by molar-refractivity contribution is 6.33. The smallest absolute Gasteiger partial charge is 0.227 e. The molecule has 0 aliphatic carbocycles. The van der Waals surface area contributed by atoms with Gasteiger partial charge in [0.05, 0.1) is 29.8 Å². The molecule has 2 rings (SSSR count). The molecule has 0 aromatic heterocycles. The Bertz CT molecular complexity index is 435. The van der Waals surface area contributed by atoms with Gasteiger partial charge in [0.25, 0.3) is 0 Å². The lowest BCUT2D eigenvalue weighted by Gasteiger charge is -2.23. The minimum atomic E-state index is -0.0746. The molecule has 4 nitrogen and oxygen atoms in total. The first-order valence-electron chi connectivity index (χ1n) is 6.03. The SMILES string of the molecule is Cc1ccc(NC(=O)CC2CNCCO2)c(Cl)c1.Cl. The van der Waals surface area contributed by atoms with E-state index >= 15 is 0 Å². The summed E-state index contributed by atoms with van der Waals surface area (Å²) in [7, 11) is 0. The van der Waals surface area contributed by atoms with Crippen LogP contribution < -0.4 is 10.6 Å². The van der Waals surface area contributed by atoms with Crippen LogP contribution in [0.5, 0.6) is 0 Å². The molecule has 2 N–H and O–H groups in total. The normalized spacial score (nSPS) is 18.5. The van der Waals surface area contributed by atoms with E-state index in [4.69, 9.17) is 16.3 Å². The molecular weight excluding hydrogens is 287 g/mol. The summed E-state index contributed by atoms with van der Waals surface area (Å²) in [5.41, 5.74) is 1.72. The number of anilines is 1. The molecule has 1 aliphatic heterocycles. The van der Waals surface area contributed by atoms with Crippen LogP contribution in [0.2, 0.25) is 5.02 Å². The Morgan fingerprint density at radius 2 is 2.37 bits per heavy atom. The van der Waals surface area contributed by atoms with Gasteiger partial charge in [-0.15, -0.1) is 12.4 Å². The number of halogens is 2. The maximum absolute atomic E-state index is 11.8. The number of amides is 1. The Hall–Kier alpha value is -0.810. The van der Waals surface area contributed by atoms with Crippen LogP contribution in [0.3, 0.4) is 0 Å². The summed E-state index contributed by atoms with van der Waals surface area (Å²) >= 11 is 6.06. The largest absolute Gasteiger partial charge is 0.375 e. The minimum absolute atomic E-state index is 0. The standard InChI is InChI=1S/C13H17ClN2O2.ClH/c1-9-2-3-12(11(14)6-9)16-13(17)7-10-8-15-4-5-18-10;/h2-3,6,10,15H,4-5,7-8H2,1H3,(H,16,17);1H. The Labute approximate surface area is 124 Å². The maximum Gasteiger partial charge on any atom is 0.227 e. The molecule has 1 aliphatic rings. The van der Waals surface area contributed by atoms with E-state index in [9.17, 15) is 4.79 Å². The van der Waals surface area contributed by atoms with Crippen molar-refractivity contribution >= 4 is 35.6 Å². The van der Waals surface area contributed by atoms with Crippen molar-refractivity contribution in [3.63, 3.8) is 0 Å². The quantitative estimate of drug-likeness (QED) is 0.901. The summed E-state index contributed by atoms with van der Waals surface area (Å²) in [6, 6.07) is 5.56. The molecule has 1 aromatic carbocycles. The molecule has 1 aromatic rings. The van der Waals surface area contributed by atoms with Gasteiger partial charge >= 0.3 is 0 Å². The van der Waals surface area contributed by atoms with Crippen molar-refractivity contribution in [2.45, 2.75) is 19.4 Å². The second-order valence-electron chi connectivity index (χ2n) is 4.43. The average Bonchev–Trinajstić information content (AvgIpc) is 2.34. The Kier molecular flexibility index (Phi) is 6.58. The van der Waals surface area contributed by atoms with Crippen molar-refractivity contribution in [2.75, 3.05) is 25.0 Å². The van der Waals surface area contributed by atoms with Gasteiger partial charge < -0.3 is 15.4 Å². The van der Waals surface area contributed by atoms with E-state index in [1.54, 1.807) is 0 Å². The fraction of sp³-hybridized carbons (Fsp3) is 0.462. The molecule has 0 saturated carbocycles. The zero-order valence-electron chi connectivity index (χ0n) is 10.7. The third-order valence-corrected chi connectivity index (χ3v) is 3.13. The van der Waals surface area contributed by atoms with E-state index in [-0.39, 0.29) is 24.4 Å². The second kappa shape index (κ2) is 7.70. The van der Waals surface area contributed by atoms with Crippen molar-refractivity contribution in [3.8, 4) is 0 Å². The van der Waals surface area contributed by atoms with Crippen LogP contribution in [0.15, 0.2) is 18.2 Å². The summed E-state index contributed by atoms with van der Waals surface area (Å²) in [5.74, 6) is -0.0746. The van der Waals surface area contributed by atoms with E-state index in [0.717, 1.165) is 18.7 Å². The molecule has 1 unspecified atom stereocenters. The molecule has 19 heavy (non-hydrogen) atoms. The number of carbonyl (C=O) groups is 1. The van der Waals surface area contributed by atoms with Crippen LogP contribution in [0.1, 0.15) is 12.0 Å². The van der Waals surface area contributed by atoms with Gasteiger partial charge in [0.1, 0.15) is 0 Å². The lowest BCUT2D eigenvalue weighted by Crippen LogP contribution is -2.40. The fourth-order valence-corrected chi connectivity index (χ4v) is 2.16. The molecule has 1 saturated heterocycles. The van der Waals surface area contributed by atoms with E-state index in [2.05, 4.69) is 10.6 Å². The summed E-state index contributed by atoms with van der Waals surface area (Å²) < 4.78 is 5.48. The lowest BCUT2D eigenvalue weighted by molar-refractivity contribution is -0.119. The molecule has 0 bridgehead atoms. The zero-order chi connectivity index (χ0) is 13.0. The molecule has 1 amide bonds. The molecule has 106 valence electrons. The fourth-order valence-electron chi connectivity index (χ4n) is 1.88. The number of morpholine rings is 1. The molecular formula is C13H18Cl2N2O2. The summed E-state index contributed by atoms with van der Waals surface area (Å²) in [5, 5.41) is 6.56. The molecule has 0 radical (unpaired) electrons. The number of aryl methyl sites for hydroxylation is 1. The van der Waals surface area contributed by atoms with Crippen molar-refractivity contribution in [1.82, 2.24) is 5.32 Å². The van der Waals surface area contributed by atoms with Gasteiger partial charge in [-0.2, -0.15) is 0 Å². The first-order chi connectivity index (χ1) is 8.65. The van der Waals surface area contributed by atoms with Gasteiger partial charge in [-0.05, 0) is 24.6 Å².